The molecule has 0 saturated carbocycles. The average molecular weight is 328 g/mol. The van der Waals surface area contributed by atoms with Gasteiger partial charge >= 0.3 is 11.9 Å². The third kappa shape index (κ3) is 4.10. The number of carbonyl (C=O) groups is 2. The van der Waals surface area contributed by atoms with Crippen molar-refractivity contribution in [1.82, 2.24) is 0 Å². The summed E-state index contributed by atoms with van der Waals surface area (Å²) in [5.74, 6) is -1.29. The van der Waals surface area contributed by atoms with Crippen LogP contribution in [0.2, 0.25) is 0 Å². The fourth-order valence-corrected chi connectivity index (χ4v) is 1.92. The minimum atomic E-state index is -0.652. The van der Waals surface area contributed by atoms with Crippen LogP contribution in [0.15, 0.2) is 34.4 Å². The molecule has 0 radical (unpaired) electrons. The zero-order chi connectivity index (χ0) is 14.4. The lowest BCUT2D eigenvalue weighted by atomic mass is 10.2. The predicted molar refractivity (Wildman–Crippen MR) is 74.6 cm³/mol. The van der Waals surface area contributed by atoms with Crippen LogP contribution in [0.4, 0.5) is 5.69 Å². The second-order valence-corrected chi connectivity index (χ2v) is 4.48. The smallest absolute Gasteiger partial charge is 0.354 e. The molecule has 1 aromatic rings. The van der Waals surface area contributed by atoms with Gasteiger partial charge in [0, 0.05) is 4.47 Å². The Bertz CT molecular complexity index is 505. The number of ether oxygens (including phenoxy) is 2. The Labute approximate surface area is 119 Å². The van der Waals surface area contributed by atoms with Crippen molar-refractivity contribution in [3.05, 3.63) is 40.0 Å². The van der Waals surface area contributed by atoms with Crippen molar-refractivity contribution in [3.63, 3.8) is 0 Å². The van der Waals surface area contributed by atoms with Crippen LogP contribution in [0.3, 0.4) is 0 Å². The molecular weight excluding hydrogens is 314 g/mol. The summed E-state index contributed by atoms with van der Waals surface area (Å²) >= 11 is 3.37. The molecule has 1 aromatic carbocycles. The molecule has 1 rings (SSSR count). The summed E-state index contributed by atoms with van der Waals surface area (Å²) in [5, 5.41) is 2.87. The van der Waals surface area contributed by atoms with Crippen LogP contribution in [0.25, 0.3) is 0 Å². The van der Waals surface area contributed by atoms with Crippen LogP contribution >= 0.6 is 15.9 Å². The van der Waals surface area contributed by atoms with Crippen molar-refractivity contribution in [2.45, 2.75) is 6.92 Å². The molecule has 0 aliphatic rings. The third-order valence-corrected chi connectivity index (χ3v) is 3.01. The van der Waals surface area contributed by atoms with E-state index >= 15 is 0 Å². The van der Waals surface area contributed by atoms with Gasteiger partial charge in [0.05, 0.1) is 26.0 Å². The highest BCUT2D eigenvalue weighted by Crippen LogP contribution is 2.27. The molecule has 0 aliphatic heterocycles. The van der Waals surface area contributed by atoms with E-state index in [1.807, 2.05) is 25.1 Å². The maximum atomic E-state index is 11.6. The van der Waals surface area contributed by atoms with Gasteiger partial charge in [-0.1, -0.05) is 12.1 Å². The first-order valence-corrected chi connectivity index (χ1v) is 6.19. The van der Waals surface area contributed by atoms with E-state index < -0.39 is 11.9 Å². The first-order valence-electron chi connectivity index (χ1n) is 5.39. The Morgan fingerprint density at radius 1 is 1.26 bits per heavy atom. The molecule has 0 spiro atoms. The Morgan fingerprint density at radius 3 is 2.47 bits per heavy atom. The Kier molecular flexibility index (Phi) is 5.57. The lowest BCUT2D eigenvalue weighted by molar-refractivity contribution is -0.138. The molecule has 102 valence electrons. The molecule has 6 heteroatoms. The van der Waals surface area contributed by atoms with Gasteiger partial charge in [-0.3, -0.25) is 0 Å². The maximum Gasteiger partial charge on any atom is 0.354 e. The van der Waals surface area contributed by atoms with Crippen molar-refractivity contribution < 1.29 is 19.1 Å². The van der Waals surface area contributed by atoms with Gasteiger partial charge in [0.25, 0.3) is 0 Å². The van der Waals surface area contributed by atoms with Crippen LogP contribution in [0.1, 0.15) is 5.56 Å². The summed E-state index contributed by atoms with van der Waals surface area (Å²) in [5.41, 5.74) is 1.60. The van der Waals surface area contributed by atoms with Crippen LogP contribution in [-0.2, 0) is 19.1 Å². The van der Waals surface area contributed by atoms with Crippen LogP contribution in [0.5, 0.6) is 0 Å². The molecule has 19 heavy (non-hydrogen) atoms. The third-order valence-electron chi connectivity index (χ3n) is 2.35. The minimum absolute atomic E-state index is 0.00403. The Morgan fingerprint density at radius 2 is 1.95 bits per heavy atom. The van der Waals surface area contributed by atoms with Crippen LogP contribution in [0, 0.1) is 6.92 Å². The van der Waals surface area contributed by atoms with Crippen molar-refractivity contribution in [1.29, 1.82) is 0 Å². The van der Waals surface area contributed by atoms with Crippen LogP contribution in [-0.4, -0.2) is 26.2 Å². The predicted octanol–water partition coefficient (Wildman–Crippen LogP) is 2.40. The number of benzene rings is 1. The quantitative estimate of drug-likeness (QED) is 0.679. The highest BCUT2D eigenvalue weighted by molar-refractivity contribution is 9.10. The number of nitrogens with one attached hydrogen (secondary N) is 1. The number of rotatable bonds is 4. The lowest BCUT2D eigenvalue weighted by Crippen LogP contribution is -2.16. The maximum absolute atomic E-state index is 11.6. The number of esters is 2. The number of hydrogen-bond acceptors (Lipinski definition) is 5. The number of para-hydroxylation sites is 1. The van der Waals surface area contributed by atoms with Gasteiger partial charge in [0.15, 0.2) is 0 Å². The summed E-state index contributed by atoms with van der Waals surface area (Å²) in [6.45, 7) is 1.88. The van der Waals surface area contributed by atoms with Gasteiger partial charge in [-0.2, -0.15) is 0 Å². The SMILES string of the molecule is COC(=O)/C=C(/Nc1c(C)cccc1Br)C(=O)OC. The number of carbonyl (C=O) groups excluding carboxylic acids is 2. The fraction of sp³-hybridized carbons (Fsp3) is 0.231. The van der Waals surface area contributed by atoms with Gasteiger partial charge in [-0.15, -0.1) is 0 Å². The van der Waals surface area contributed by atoms with Gasteiger partial charge in [0.1, 0.15) is 5.70 Å². The van der Waals surface area contributed by atoms with E-state index in [2.05, 4.69) is 30.7 Å². The molecule has 1 N–H and O–H groups in total. The van der Waals surface area contributed by atoms with E-state index in [4.69, 9.17) is 0 Å². The van der Waals surface area contributed by atoms with E-state index in [9.17, 15) is 9.59 Å². The molecule has 0 amide bonds. The highest BCUT2D eigenvalue weighted by atomic mass is 79.9. The number of halogens is 1. The van der Waals surface area contributed by atoms with Gasteiger partial charge < -0.3 is 14.8 Å². The topological polar surface area (TPSA) is 64.6 Å². The highest BCUT2D eigenvalue weighted by Gasteiger charge is 2.15. The molecule has 5 nitrogen and oxygen atoms in total. The number of aryl methyl sites for hydroxylation is 1. The summed E-state index contributed by atoms with van der Waals surface area (Å²) in [6.07, 6.45) is 1.05. The molecule has 0 fully saturated rings. The molecule has 0 aromatic heterocycles. The van der Waals surface area contributed by atoms with Crippen molar-refractivity contribution in [3.8, 4) is 0 Å². The number of methoxy groups -OCH3 is 2. The minimum Gasteiger partial charge on any atom is -0.466 e. The van der Waals surface area contributed by atoms with Gasteiger partial charge in [-0.05, 0) is 34.5 Å². The summed E-state index contributed by atoms with van der Waals surface area (Å²) in [6, 6.07) is 5.56. The zero-order valence-electron chi connectivity index (χ0n) is 10.8. The molecule has 0 unspecified atom stereocenters. The molecule has 0 saturated heterocycles. The molecule has 0 aliphatic carbocycles. The fourth-order valence-electron chi connectivity index (χ4n) is 1.36. The Hall–Kier alpha value is -1.82. The summed E-state index contributed by atoms with van der Waals surface area (Å²) < 4.78 is 9.89. The average Bonchev–Trinajstić information content (AvgIpc) is 2.40. The molecule has 0 atom stereocenters. The lowest BCUT2D eigenvalue weighted by Gasteiger charge is -2.13. The van der Waals surface area contributed by atoms with Crippen molar-refractivity contribution in [2.75, 3.05) is 19.5 Å². The molecule has 0 heterocycles. The summed E-state index contributed by atoms with van der Waals surface area (Å²) in [7, 11) is 2.47. The summed E-state index contributed by atoms with van der Waals surface area (Å²) in [4.78, 5) is 22.9. The largest absolute Gasteiger partial charge is 0.466 e. The zero-order valence-corrected chi connectivity index (χ0v) is 12.4. The monoisotopic (exact) mass is 327 g/mol. The van der Waals surface area contributed by atoms with Gasteiger partial charge in [0.2, 0.25) is 0 Å². The first-order chi connectivity index (χ1) is 8.99. The van der Waals surface area contributed by atoms with Crippen molar-refractivity contribution >= 4 is 33.6 Å². The van der Waals surface area contributed by atoms with E-state index in [1.165, 1.54) is 14.2 Å². The van der Waals surface area contributed by atoms with E-state index in [-0.39, 0.29) is 5.70 Å². The van der Waals surface area contributed by atoms with Gasteiger partial charge in [-0.25, -0.2) is 9.59 Å². The second kappa shape index (κ2) is 6.94. The van der Waals surface area contributed by atoms with E-state index in [1.54, 1.807) is 0 Å². The number of anilines is 1. The van der Waals surface area contributed by atoms with Crippen molar-refractivity contribution in [2.24, 2.45) is 0 Å². The normalized spacial score (nSPS) is 10.8. The standard InChI is InChI=1S/C13H14BrNO4/c1-8-5-4-6-9(14)12(8)15-10(13(17)19-3)7-11(16)18-2/h4-7,15H,1-3H3/b10-7+. The van der Waals surface area contributed by atoms with E-state index in [0.717, 1.165) is 16.1 Å². The second-order valence-electron chi connectivity index (χ2n) is 3.63. The first kappa shape index (κ1) is 15.2. The van der Waals surface area contributed by atoms with Crippen LogP contribution < -0.4 is 5.32 Å². The van der Waals surface area contributed by atoms with E-state index in [0.29, 0.717) is 5.69 Å². The molecule has 0 bridgehead atoms. The Balaban J connectivity index is 3.11. The molecular formula is C13H14BrNO4. The number of hydrogen-bond donors (Lipinski definition) is 1.